The van der Waals surface area contributed by atoms with Gasteiger partial charge in [0.25, 0.3) is 0 Å². The maximum absolute atomic E-state index is 11.4. The Kier molecular flexibility index (Phi) is 3.67. The lowest BCUT2D eigenvalue weighted by atomic mass is 10.4. The van der Waals surface area contributed by atoms with Crippen LogP contribution in [0.4, 0.5) is 13.2 Å². The Morgan fingerprint density at radius 1 is 1.40 bits per heavy atom. The molecule has 10 heavy (non-hydrogen) atoms. The van der Waals surface area contributed by atoms with Crippen LogP contribution in [0, 0.1) is 0 Å². The predicted molar refractivity (Wildman–Crippen MR) is 29.7 cm³/mol. The second kappa shape index (κ2) is 3.78. The van der Waals surface area contributed by atoms with E-state index in [1.54, 1.807) is 6.92 Å². The SMILES string of the molecule is CCN(O)CCC(F)(F)F. The van der Waals surface area contributed by atoms with E-state index in [9.17, 15) is 13.2 Å². The van der Waals surface area contributed by atoms with Crippen molar-refractivity contribution in [1.29, 1.82) is 0 Å². The van der Waals surface area contributed by atoms with E-state index in [-0.39, 0.29) is 13.1 Å². The van der Waals surface area contributed by atoms with Crippen LogP contribution in [0.5, 0.6) is 0 Å². The normalized spacial score (nSPS) is 12.6. The first-order chi connectivity index (χ1) is 4.45. The molecule has 62 valence electrons. The summed E-state index contributed by atoms with van der Waals surface area (Å²) in [6.07, 6.45) is -5.13. The summed E-state index contributed by atoms with van der Waals surface area (Å²) in [5.41, 5.74) is 0. The summed E-state index contributed by atoms with van der Waals surface area (Å²) in [4.78, 5) is 0. The first-order valence-corrected chi connectivity index (χ1v) is 2.96. The van der Waals surface area contributed by atoms with E-state index in [4.69, 9.17) is 5.21 Å². The summed E-state index contributed by atoms with van der Waals surface area (Å²) < 4.78 is 34.2. The van der Waals surface area contributed by atoms with Gasteiger partial charge < -0.3 is 5.21 Å². The Hall–Kier alpha value is -0.290. The molecule has 2 nitrogen and oxygen atoms in total. The number of rotatable bonds is 3. The Labute approximate surface area is 57.2 Å². The van der Waals surface area contributed by atoms with Gasteiger partial charge in [-0.3, -0.25) is 0 Å². The van der Waals surface area contributed by atoms with E-state index in [2.05, 4.69) is 0 Å². The molecule has 0 aliphatic rings. The number of hydrogen-bond donors (Lipinski definition) is 1. The summed E-state index contributed by atoms with van der Waals surface area (Å²) in [6, 6.07) is 0. The lowest BCUT2D eigenvalue weighted by molar-refractivity contribution is -0.163. The van der Waals surface area contributed by atoms with E-state index < -0.39 is 12.6 Å². The highest BCUT2D eigenvalue weighted by Gasteiger charge is 2.27. The van der Waals surface area contributed by atoms with Crippen LogP contribution >= 0.6 is 0 Å². The summed E-state index contributed by atoms with van der Waals surface area (Å²) in [6.45, 7) is 1.45. The second-order valence-corrected chi connectivity index (χ2v) is 1.91. The molecule has 1 N–H and O–H groups in total. The van der Waals surface area contributed by atoms with E-state index in [1.807, 2.05) is 0 Å². The van der Waals surface area contributed by atoms with Crippen LogP contribution in [-0.4, -0.2) is 29.5 Å². The molecule has 0 amide bonds. The van der Waals surface area contributed by atoms with Gasteiger partial charge in [-0.15, -0.1) is 0 Å². The third-order valence-electron chi connectivity index (χ3n) is 1.02. The zero-order valence-corrected chi connectivity index (χ0v) is 5.65. The summed E-state index contributed by atoms with van der Waals surface area (Å²) in [5, 5.41) is 9.19. The third kappa shape index (κ3) is 5.84. The Morgan fingerprint density at radius 2 is 1.90 bits per heavy atom. The van der Waals surface area contributed by atoms with Gasteiger partial charge >= 0.3 is 6.18 Å². The van der Waals surface area contributed by atoms with Crippen LogP contribution in [0.3, 0.4) is 0 Å². The Morgan fingerprint density at radius 3 is 2.20 bits per heavy atom. The van der Waals surface area contributed by atoms with Crippen molar-refractivity contribution >= 4 is 0 Å². The molecule has 0 saturated carbocycles. The monoisotopic (exact) mass is 157 g/mol. The lowest BCUT2D eigenvalue weighted by Gasteiger charge is -2.12. The minimum absolute atomic E-state index is 0.218. The highest BCUT2D eigenvalue weighted by Crippen LogP contribution is 2.19. The molecule has 0 radical (unpaired) electrons. The average Bonchev–Trinajstić information content (AvgIpc) is 1.81. The smallest absolute Gasteiger partial charge is 0.314 e. The molecule has 0 aromatic heterocycles. The van der Waals surface area contributed by atoms with Crippen LogP contribution in [0.2, 0.25) is 0 Å². The lowest BCUT2D eigenvalue weighted by Crippen LogP contribution is -2.24. The molecule has 5 heteroatoms. The summed E-state index contributed by atoms with van der Waals surface area (Å²) >= 11 is 0. The molecule has 0 spiro atoms. The number of hydroxylamine groups is 2. The Bertz CT molecular complexity index is 93.4. The van der Waals surface area contributed by atoms with Gasteiger partial charge in [0.05, 0.1) is 6.42 Å². The Balaban J connectivity index is 3.36. The fourth-order valence-electron chi connectivity index (χ4n) is 0.414. The van der Waals surface area contributed by atoms with Gasteiger partial charge in [-0.2, -0.15) is 18.2 Å². The van der Waals surface area contributed by atoms with Crippen LogP contribution in [0.15, 0.2) is 0 Å². The first-order valence-electron chi connectivity index (χ1n) is 2.96. The maximum atomic E-state index is 11.4. The van der Waals surface area contributed by atoms with Crippen molar-refractivity contribution in [2.75, 3.05) is 13.1 Å². The van der Waals surface area contributed by atoms with Crippen LogP contribution < -0.4 is 0 Å². The first kappa shape index (κ1) is 9.71. The van der Waals surface area contributed by atoms with Crippen molar-refractivity contribution in [1.82, 2.24) is 5.06 Å². The maximum Gasteiger partial charge on any atom is 0.390 e. The van der Waals surface area contributed by atoms with Gasteiger partial charge in [0, 0.05) is 13.1 Å². The summed E-state index contributed by atoms with van der Waals surface area (Å²) in [5.74, 6) is 0. The van der Waals surface area contributed by atoms with Crippen molar-refractivity contribution < 1.29 is 18.4 Å². The third-order valence-corrected chi connectivity index (χ3v) is 1.02. The molecule has 0 aliphatic carbocycles. The molecule has 0 fully saturated rings. The second-order valence-electron chi connectivity index (χ2n) is 1.91. The zero-order chi connectivity index (χ0) is 8.20. The van der Waals surface area contributed by atoms with E-state index in [0.29, 0.717) is 5.06 Å². The van der Waals surface area contributed by atoms with Gasteiger partial charge in [-0.05, 0) is 0 Å². The summed E-state index contributed by atoms with van der Waals surface area (Å²) in [7, 11) is 0. The highest BCUT2D eigenvalue weighted by atomic mass is 19.4. The molecule has 0 atom stereocenters. The molecule has 0 rings (SSSR count). The van der Waals surface area contributed by atoms with Crippen LogP contribution in [0.1, 0.15) is 13.3 Å². The van der Waals surface area contributed by atoms with E-state index in [0.717, 1.165) is 0 Å². The quantitative estimate of drug-likeness (QED) is 0.629. The van der Waals surface area contributed by atoms with Crippen LogP contribution in [-0.2, 0) is 0 Å². The van der Waals surface area contributed by atoms with E-state index >= 15 is 0 Å². The van der Waals surface area contributed by atoms with Gasteiger partial charge in [0.2, 0.25) is 0 Å². The fourth-order valence-corrected chi connectivity index (χ4v) is 0.414. The van der Waals surface area contributed by atoms with Crippen molar-refractivity contribution in [3.05, 3.63) is 0 Å². The van der Waals surface area contributed by atoms with Crippen LogP contribution in [0.25, 0.3) is 0 Å². The molecule has 0 aromatic carbocycles. The molecule has 0 saturated heterocycles. The molecular weight excluding hydrogens is 147 g/mol. The minimum atomic E-state index is -4.17. The molecule has 0 heterocycles. The molecule has 0 aliphatic heterocycles. The van der Waals surface area contributed by atoms with Crippen molar-refractivity contribution in [3.8, 4) is 0 Å². The fraction of sp³-hybridized carbons (Fsp3) is 1.00. The molecular formula is C5H10F3NO. The van der Waals surface area contributed by atoms with Crippen molar-refractivity contribution in [2.24, 2.45) is 0 Å². The highest BCUT2D eigenvalue weighted by molar-refractivity contribution is 4.51. The van der Waals surface area contributed by atoms with Gasteiger partial charge in [0.15, 0.2) is 0 Å². The topological polar surface area (TPSA) is 23.5 Å². The number of nitrogens with zero attached hydrogens (tertiary/aromatic N) is 1. The minimum Gasteiger partial charge on any atom is -0.314 e. The average molecular weight is 157 g/mol. The van der Waals surface area contributed by atoms with Crippen molar-refractivity contribution in [2.45, 2.75) is 19.5 Å². The molecule has 0 bridgehead atoms. The molecule has 0 aromatic rings. The largest absolute Gasteiger partial charge is 0.390 e. The standard InChI is InChI=1S/C5H10F3NO/c1-2-9(10)4-3-5(6,7)8/h10H,2-4H2,1H3. The van der Waals surface area contributed by atoms with Crippen molar-refractivity contribution in [3.63, 3.8) is 0 Å². The van der Waals surface area contributed by atoms with Gasteiger partial charge in [-0.1, -0.05) is 6.92 Å². The zero-order valence-electron chi connectivity index (χ0n) is 5.65. The predicted octanol–water partition coefficient (Wildman–Crippen LogP) is 1.65. The van der Waals surface area contributed by atoms with Gasteiger partial charge in [-0.25, -0.2) is 0 Å². The molecule has 0 unspecified atom stereocenters. The number of halogens is 3. The number of hydrogen-bond acceptors (Lipinski definition) is 2. The number of alkyl halides is 3. The van der Waals surface area contributed by atoms with E-state index in [1.165, 1.54) is 0 Å². The van der Waals surface area contributed by atoms with Gasteiger partial charge in [0.1, 0.15) is 0 Å².